The van der Waals surface area contributed by atoms with Crippen LogP contribution >= 0.6 is 23.2 Å². The molecule has 1 aromatic carbocycles. The Morgan fingerprint density at radius 3 is 2.58 bits per heavy atom. The van der Waals surface area contributed by atoms with Crippen molar-refractivity contribution < 1.29 is 8.42 Å². The number of halogens is 2. The van der Waals surface area contributed by atoms with Gasteiger partial charge in [0.25, 0.3) is 10.0 Å². The van der Waals surface area contributed by atoms with Crippen molar-refractivity contribution in [2.45, 2.75) is 11.8 Å². The van der Waals surface area contributed by atoms with Gasteiger partial charge in [0.2, 0.25) is 0 Å². The maximum Gasteiger partial charge on any atom is 0.265 e. The first-order valence-electron chi connectivity index (χ1n) is 5.28. The number of anilines is 1. The first kappa shape index (κ1) is 14.2. The molecule has 102 valence electrons. The fraction of sp³-hybridized carbons (Fsp3) is 0.182. The van der Waals surface area contributed by atoms with Crippen molar-refractivity contribution in [1.82, 2.24) is 9.78 Å². The molecule has 19 heavy (non-hydrogen) atoms. The van der Waals surface area contributed by atoms with Crippen LogP contribution in [0.2, 0.25) is 10.0 Å². The first-order valence-corrected chi connectivity index (χ1v) is 7.51. The molecule has 0 bridgehead atoms. The highest BCUT2D eigenvalue weighted by molar-refractivity contribution is 7.92. The summed E-state index contributed by atoms with van der Waals surface area (Å²) in [5.74, 6) is 0. The smallest absolute Gasteiger partial charge is 0.265 e. The number of nitrogens with zero attached hydrogens (tertiary/aromatic N) is 2. The van der Waals surface area contributed by atoms with E-state index in [1.807, 2.05) is 0 Å². The molecule has 0 amide bonds. The molecule has 5 nitrogen and oxygen atoms in total. The normalized spacial score (nSPS) is 11.6. The van der Waals surface area contributed by atoms with Gasteiger partial charge in [-0.05, 0) is 25.1 Å². The molecule has 0 saturated heterocycles. The lowest BCUT2D eigenvalue weighted by molar-refractivity contribution is 0.600. The lowest BCUT2D eigenvalue weighted by Crippen LogP contribution is -2.13. The van der Waals surface area contributed by atoms with Gasteiger partial charge in [-0.3, -0.25) is 9.40 Å². The number of hydrogen-bond donors (Lipinski definition) is 1. The standard InChI is InChI=1S/C11H11Cl2N3O2S/c1-7-11(6-16(2)14-7)19(17,18)15-10-5-8(12)3-4-9(10)13/h3-6,15H,1-2H3. The predicted octanol–water partition coefficient (Wildman–Crippen LogP) is 2.84. The zero-order valence-electron chi connectivity index (χ0n) is 10.2. The van der Waals surface area contributed by atoms with Crippen molar-refractivity contribution in [3.05, 3.63) is 40.1 Å². The zero-order chi connectivity index (χ0) is 14.2. The molecule has 0 aliphatic carbocycles. The second kappa shape index (κ2) is 5.03. The van der Waals surface area contributed by atoms with E-state index in [2.05, 4.69) is 9.82 Å². The van der Waals surface area contributed by atoms with Crippen LogP contribution in [0.15, 0.2) is 29.3 Å². The Labute approximate surface area is 121 Å². The highest BCUT2D eigenvalue weighted by atomic mass is 35.5. The average molecular weight is 320 g/mol. The van der Waals surface area contributed by atoms with Crippen LogP contribution in [0.3, 0.4) is 0 Å². The number of benzene rings is 1. The molecule has 1 N–H and O–H groups in total. The van der Waals surface area contributed by atoms with E-state index < -0.39 is 10.0 Å². The molecule has 0 spiro atoms. The van der Waals surface area contributed by atoms with Gasteiger partial charge in [-0.15, -0.1) is 0 Å². The summed E-state index contributed by atoms with van der Waals surface area (Å²) in [6.07, 6.45) is 1.43. The van der Waals surface area contributed by atoms with Crippen LogP contribution in [0.4, 0.5) is 5.69 Å². The van der Waals surface area contributed by atoms with E-state index in [4.69, 9.17) is 23.2 Å². The minimum Gasteiger partial charge on any atom is -0.278 e. The second-order valence-electron chi connectivity index (χ2n) is 3.98. The van der Waals surface area contributed by atoms with Gasteiger partial charge in [0.05, 0.1) is 16.4 Å². The monoisotopic (exact) mass is 319 g/mol. The SMILES string of the molecule is Cc1nn(C)cc1S(=O)(=O)Nc1cc(Cl)ccc1Cl. The molecular weight excluding hydrogens is 309 g/mol. The summed E-state index contributed by atoms with van der Waals surface area (Å²) < 4.78 is 28.3. The van der Waals surface area contributed by atoms with Gasteiger partial charge in [0.1, 0.15) is 4.90 Å². The summed E-state index contributed by atoms with van der Waals surface area (Å²) in [7, 11) is -2.09. The van der Waals surface area contributed by atoms with E-state index in [-0.39, 0.29) is 15.6 Å². The highest BCUT2D eigenvalue weighted by Gasteiger charge is 2.21. The lowest BCUT2D eigenvalue weighted by Gasteiger charge is -2.09. The molecule has 0 atom stereocenters. The van der Waals surface area contributed by atoms with E-state index in [9.17, 15) is 8.42 Å². The minimum absolute atomic E-state index is 0.103. The van der Waals surface area contributed by atoms with Gasteiger partial charge in [-0.25, -0.2) is 8.42 Å². The molecule has 1 aromatic heterocycles. The number of rotatable bonds is 3. The number of aryl methyl sites for hydroxylation is 2. The molecule has 0 radical (unpaired) electrons. The maximum absolute atomic E-state index is 12.2. The van der Waals surface area contributed by atoms with Crippen LogP contribution in [0, 0.1) is 6.92 Å². The van der Waals surface area contributed by atoms with E-state index in [1.54, 1.807) is 20.0 Å². The fourth-order valence-electron chi connectivity index (χ4n) is 1.62. The van der Waals surface area contributed by atoms with E-state index >= 15 is 0 Å². The predicted molar refractivity (Wildman–Crippen MR) is 75.2 cm³/mol. The molecule has 0 unspecified atom stereocenters. The molecule has 1 heterocycles. The molecule has 0 aliphatic heterocycles. The Balaban J connectivity index is 2.42. The molecule has 8 heteroatoms. The molecule has 0 aliphatic rings. The van der Waals surface area contributed by atoms with Crippen LogP contribution < -0.4 is 4.72 Å². The van der Waals surface area contributed by atoms with Crippen LogP contribution in [0.25, 0.3) is 0 Å². The van der Waals surface area contributed by atoms with Gasteiger partial charge < -0.3 is 0 Å². The third kappa shape index (κ3) is 3.02. The Hall–Kier alpha value is -1.24. The van der Waals surface area contributed by atoms with Gasteiger partial charge in [0.15, 0.2) is 0 Å². The summed E-state index contributed by atoms with van der Waals surface area (Å²) >= 11 is 11.7. The minimum atomic E-state index is -3.74. The van der Waals surface area contributed by atoms with E-state index in [1.165, 1.54) is 23.0 Å². The number of aromatic nitrogens is 2. The Morgan fingerprint density at radius 1 is 1.32 bits per heavy atom. The van der Waals surface area contributed by atoms with E-state index in [0.717, 1.165) is 0 Å². The highest BCUT2D eigenvalue weighted by Crippen LogP contribution is 2.28. The van der Waals surface area contributed by atoms with Crippen LogP contribution in [-0.4, -0.2) is 18.2 Å². The van der Waals surface area contributed by atoms with Gasteiger partial charge in [-0.2, -0.15) is 5.10 Å². The van der Waals surface area contributed by atoms with Crippen LogP contribution in [-0.2, 0) is 17.1 Å². The molecule has 2 aromatic rings. The average Bonchev–Trinajstić information content (AvgIpc) is 2.63. The number of hydrogen-bond acceptors (Lipinski definition) is 3. The Morgan fingerprint density at radius 2 is 2.00 bits per heavy atom. The second-order valence-corrected chi connectivity index (χ2v) is 6.48. The Kier molecular flexibility index (Phi) is 3.75. The summed E-state index contributed by atoms with van der Waals surface area (Å²) in [5.41, 5.74) is 0.644. The summed E-state index contributed by atoms with van der Waals surface area (Å²) in [6.45, 7) is 1.62. The fourth-order valence-corrected chi connectivity index (χ4v) is 3.30. The van der Waals surface area contributed by atoms with Crippen molar-refractivity contribution in [3.63, 3.8) is 0 Å². The maximum atomic E-state index is 12.2. The van der Waals surface area contributed by atoms with Gasteiger partial charge >= 0.3 is 0 Å². The number of nitrogens with one attached hydrogen (secondary N) is 1. The van der Waals surface area contributed by atoms with E-state index in [0.29, 0.717) is 10.7 Å². The first-order chi connectivity index (χ1) is 8.79. The van der Waals surface area contributed by atoms with Gasteiger partial charge in [0, 0.05) is 18.3 Å². The molecule has 0 saturated carbocycles. The van der Waals surface area contributed by atoms with Gasteiger partial charge in [-0.1, -0.05) is 23.2 Å². The molecular formula is C11H11Cl2N3O2S. The Bertz CT molecular complexity index is 726. The van der Waals surface area contributed by atoms with Crippen molar-refractivity contribution in [2.24, 2.45) is 7.05 Å². The van der Waals surface area contributed by atoms with Crippen molar-refractivity contribution in [1.29, 1.82) is 0 Å². The van der Waals surface area contributed by atoms with Crippen molar-refractivity contribution in [2.75, 3.05) is 4.72 Å². The van der Waals surface area contributed by atoms with Crippen molar-refractivity contribution >= 4 is 38.9 Å². The third-order valence-electron chi connectivity index (χ3n) is 2.43. The largest absolute Gasteiger partial charge is 0.278 e. The van der Waals surface area contributed by atoms with Crippen LogP contribution in [0.5, 0.6) is 0 Å². The number of sulfonamides is 1. The summed E-state index contributed by atoms with van der Waals surface area (Å²) in [5, 5.41) is 4.66. The van der Waals surface area contributed by atoms with Crippen molar-refractivity contribution in [3.8, 4) is 0 Å². The summed E-state index contributed by atoms with van der Waals surface area (Å²) in [4.78, 5) is 0.103. The topological polar surface area (TPSA) is 64.0 Å². The summed E-state index contributed by atoms with van der Waals surface area (Å²) in [6, 6.07) is 4.56. The molecule has 0 fully saturated rings. The van der Waals surface area contributed by atoms with Crippen LogP contribution in [0.1, 0.15) is 5.69 Å². The molecule has 2 rings (SSSR count). The zero-order valence-corrected chi connectivity index (χ0v) is 12.5. The third-order valence-corrected chi connectivity index (χ3v) is 4.46. The quantitative estimate of drug-likeness (QED) is 0.946. The lowest BCUT2D eigenvalue weighted by atomic mass is 10.3.